The van der Waals surface area contributed by atoms with Crippen LogP contribution in [0.15, 0.2) is 42.7 Å². The number of benzene rings is 1. The standard InChI is InChI=1S/C17H20N2O3/c1-21-15-8-7-13(11-16(15)22-2)5-3-10-19-17(20)14-6-4-9-18-12-14/h4,6-9,11-12H,3,5,10H2,1-2H3,(H,19,20). The Balaban J connectivity index is 1.80. The Morgan fingerprint density at radius 3 is 2.68 bits per heavy atom. The quantitative estimate of drug-likeness (QED) is 0.798. The van der Waals surface area contributed by atoms with E-state index in [0.29, 0.717) is 12.1 Å². The normalized spacial score (nSPS) is 10.1. The van der Waals surface area contributed by atoms with Crippen LogP contribution in [0, 0.1) is 0 Å². The van der Waals surface area contributed by atoms with E-state index in [0.717, 1.165) is 29.9 Å². The number of carbonyl (C=O) groups is 1. The predicted octanol–water partition coefficient (Wildman–Crippen LogP) is 2.46. The van der Waals surface area contributed by atoms with Crippen molar-refractivity contribution in [2.45, 2.75) is 12.8 Å². The van der Waals surface area contributed by atoms with E-state index in [1.165, 1.54) is 0 Å². The van der Waals surface area contributed by atoms with Crippen LogP contribution in [0.4, 0.5) is 0 Å². The number of nitrogens with zero attached hydrogens (tertiary/aromatic N) is 1. The summed E-state index contributed by atoms with van der Waals surface area (Å²) in [5.41, 5.74) is 1.72. The molecule has 116 valence electrons. The van der Waals surface area contributed by atoms with Crippen molar-refractivity contribution in [2.24, 2.45) is 0 Å². The van der Waals surface area contributed by atoms with Gasteiger partial charge >= 0.3 is 0 Å². The minimum absolute atomic E-state index is 0.0968. The van der Waals surface area contributed by atoms with Gasteiger partial charge in [0, 0.05) is 18.9 Å². The van der Waals surface area contributed by atoms with Gasteiger partial charge in [-0.05, 0) is 42.7 Å². The zero-order chi connectivity index (χ0) is 15.8. The Hall–Kier alpha value is -2.56. The SMILES string of the molecule is COc1ccc(CCCNC(=O)c2cccnc2)cc1OC. The second kappa shape index (κ2) is 8.02. The Morgan fingerprint density at radius 2 is 2.00 bits per heavy atom. The summed E-state index contributed by atoms with van der Waals surface area (Å²) in [5, 5.41) is 2.89. The number of pyridine rings is 1. The van der Waals surface area contributed by atoms with Crippen LogP contribution >= 0.6 is 0 Å². The average Bonchev–Trinajstić information content (AvgIpc) is 2.59. The number of carbonyl (C=O) groups excluding carboxylic acids is 1. The van der Waals surface area contributed by atoms with Crippen molar-refractivity contribution in [3.63, 3.8) is 0 Å². The van der Waals surface area contributed by atoms with Gasteiger partial charge in [0.2, 0.25) is 0 Å². The van der Waals surface area contributed by atoms with Gasteiger partial charge < -0.3 is 14.8 Å². The highest BCUT2D eigenvalue weighted by Gasteiger charge is 2.06. The maximum atomic E-state index is 11.9. The van der Waals surface area contributed by atoms with E-state index in [1.807, 2.05) is 18.2 Å². The summed E-state index contributed by atoms with van der Waals surface area (Å²) in [6.07, 6.45) is 4.91. The van der Waals surface area contributed by atoms with Gasteiger partial charge in [-0.15, -0.1) is 0 Å². The first-order valence-electron chi connectivity index (χ1n) is 7.13. The highest BCUT2D eigenvalue weighted by atomic mass is 16.5. The molecule has 0 spiro atoms. The second-order valence-electron chi connectivity index (χ2n) is 4.79. The predicted molar refractivity (Wildman–Crippen MR) is 84.4 cm³/mol. The molecular weight excluding hydrogens is 280 g/mol. The molecule has 5 nitrogen and oxygen atoms in total. The van der Waals surface area contributed by atoms with Crippen molar-refractivity contribution in [3.05, 3.63) is 53.9 Å². The molecule has 0 radical (unpaired) electrons. The summed E-state index contributed by atoms with van der Waals surface area (Å²) in [5.74, 6) is 1.34. The third-order valence-electron chi connectivity index (χ3n) is 3.30. The second-order valence-corrected chi connectivity index (χ2v) is 4.79. The monoisotopic (exact) mass is 300 g/mol. The molecule has 1 heterocycles. The van der Waals surface area contributed by atoms with Crippen LogP contribution in [0.1, 0.15) is 22.3 Å². The molecular formula is C17H20N2O3. The van der Waals surface area contributed by atoms with Crippen LogP contribution in [0.5, 0.6) is 11.5 Å². The van der Waals surface area contributed by atoms with Crippen LogP contribution in [-0.2, 0) is 6.42 Å². The van der Waals surface area contributed by atoms with Gasteiger partial charge in [0.1, 0.15) is 0 Å². The van der Waals surface area contributed by atoms with Crippen LogP contribution in [-0.4, -0.2) is 31.7 Å². The first-order valence-corrected chi connectivity index (χ1v) is 7.13. The summed E-state index contributed by atoms with van der Waals surface area (Å²) in [4.78, 5) is 15.8. The van der Waals surface area contributed by atoms with Crippen molar-refractivity contribution >= 4 is 5.91 Å². The fourth-order valence-electron chi connectivity index (χ4n) is 2.13. The molecule has 1 aromatic carbocycles. The van der Waals surface area contributed by atoms with E-state index in [1.54, 1.807) is 38.7 Å². The van der Waals surface area contributed by atoms with Gasteiger partial charge in [0.25, 0.3) is 5.91 Å². The zero-order valence-corrected chi connectivity index (χ0v) is 12.8. The molecule has 2 aromatic rings. The lowest BCUT2D eigenvalue weighted by atomic mass is 10.1. The molecule has 0 bridgehead atoms. The van der Waals surface area contributed by atoms with Crippen LogP contribution in [0.3, 0.4) is 0 Å². The summed E-state index contributed by atoms with van der Waals surface area (Å²) >= 11 is 0. The molecule has 5 heteroatoms. The van der Waals surface area contributed by atoms with E-state index < -0.39 is 0 Å². The number of rotatable bonds is 7. The lowest BCUT2D eigenvalue weighted by Crippen LogP contribution is -2.24. The molecule has 0 fully saturated rings. The number of hydrogen-bond donors (Lipinski definition) is 1. The zero-order valence-electron chi connectivity index (χ0n) is 12.8. The van der Waals surface area contributed by atoms with Crippen LogP contribution in [0.25, 0.3) is 0 Å². The molecule has 0 saturated heterocycles. The third-order valence-corrected chi connectivity index (χ3v) is 3.30. The van der Waals surface area contributed by atoms with E-state index in [2.05, 4.69) is 10.3 Å². The highest BCUT2D eigenvalue weighted by Crippen LogP contribution is 2.27. The Bertz CT molecular complexity index is 615. The van der Waals surface area contributed by atoms with Crippen molar-refractivity contribution in [3.8, 4) is 11.5 Å². The van der Waals surface area contributed by atoms with E-state index in [-0.39, 0.29) is 5.91 Å². The Morgan fingerprint density at radius 1 is 1.18 bits per heavy atom. The molecule has 22 heavy (non-hydrogen) atoms. The van der Waals surface area contributed by atoms with Crippen LogP contribution in [0.2, 0.25) is 0 Å². The van der Waals surface area contributed by atoms with E-state index >= 15 is 0 Å². The number of aromatic nitrogens is 1. The summed E-state index contributed by atoms with van der Waals surface area (Å²) in [7, 11) is 3.24. The van der Waals surface area contributed by atoms with Crippen molar-refractivity contribution in [1.82, 2.24) is 10.3 Å². The number of aryl methyl sites for hydroxylation is 1. The minimum atomic E-state index is -0.0968. The molecule has 2 rings (SSSR count). The average molecular weight is 300 g/mol. The number of nitrogens with one attached hydrogen (secondary N) is 1. The van der Waals surface area contributed by atoms with Gasteiger partial charge in [-0.3, -0.25) is 9.78 Å². The first-order chi connectivity index (χ1) is 10.7. The fraction of sp³-hybridized carbons (Fsp3) is 0.294. The smallest absolute Gasteiger partial charge is 0.252 e. The van der Waals surface area contributed by atoms with Gasteiger partial charge in [0.05, 0.1) is 19.8 Å². The van der Waals surface area contributed by atoms with E-state index in [9.17, 15) is 4.79 Å². The fourth-order valence-corrected chi connectivity index (χ4v) is 2.13. The van der Waals surface area contributed by atoms with E-state index in [4.69, 9.17) is 9.47 Å². The lowest BCUT2D eigenvalue weighted by molar-refractivity contribution is 0.0953. The van der Waals surface area contributed by atoms with Crippen molar-refractivity contribution in [1.29, 1.82) is 0 Å². The molecule has 0 aliphatic carbocycles. The number of amides is 1. The molecule has 1 amide bonds. The molecule has 1 aromatic heterocycles. The molecule has 0 aliphatic heterocycles. The number of methoxy groups -OCH3 is 2. The largest absolute Gasteiger partial charge is 0.493 e. The summed E-state index contributed by atoms with van der Waals surface area (Å²) < 4.78 is 10.5. The Kier molecular flexibility index (Phi) is 5.77. The molecule has 1 N–H and O–H groups in total. The van der Waals surface area contributed by atoms with Crippen molar-refractivity contribution in [2.75, 3.05) is 20.8 Å². The highest BCUT2D eigenvalue weighted by molar-refractivity contribution is 5.93. The van der Waals surface area contributed by atoms with Gasteiger partial charge in [-0.2, -0.15) is 0 Å². The Labute approximate surface area is 130 Å². The number of hydrogen-bond acceptors (Lipinski definition) is 4. The topological polar surface area (TPSA) is 60.5 Å². The third kappa shape index (κ3) is 4.22. The van der Waals surface area contributed by atoms with Gasteiger partial charge in [0.15, 0.2) is 11.5 Å². The molecule has 0 atom stereocenters. The summed E-state index contributed by atoms with van der Waals surface area (Å²) in [6, 6.07) is 9.35. The summed E-state index contributed by atoms with van der Waals surface area (Å²) in [6.45, 7) is 0.613. The van der Waals surface area contributed by atoms with Gasteiger partial charge in [-0.25, -0.2) is 0 Å². The number of ether oxygens (including phenoxy) is 2. The molecule has 0 aliphatic rings. The molecule has 0 unspecified atom stereocenters. The minimum Gasteiger partial charge on any atom is -0.493 e. The lowest BCUT2D eigenvalue weighted by Gasteiger charge is -2.10. The first kappa shape index (κ1) is 15.8. The van der Waals surface area contributed by atoms with Crippen molar-refractivity contribution < 1.29 is 14.3 Å². The maximum absolute atomic E-state index is 11.9. The molecule has 0 saturated carbocycles. The maximum Gasteiger partial charge on any atom is 0.252 e. The van der Waals surface area contributed by atoms with Gasteiger partial charge in [-0.1, -0.05) is 6.07 Å². The van der Waals surface area contributed by atoms with Crippen LogP contribution < -0.4 is 14.8 Å².